The normalized spacial score (nSPS) is 11.8. The number of hydrogen-bond donors (Lipinski definition) is 0. The fourth-order valence-corrected chi connectivity index (χ4v) is 7.49. The Morgan fingerprint density at radius 1 is 0.396 bits per heavy atom. The highest BCUT2D eigenvalue weighted by Gasteiger charge is 2.19. The standard InChI is InChI=1S/C44H34N4/c1-27-45-40-22-20-30(24-42(40)47(27)3)33-16-10-18-36-38(33)26-39-34(31-21-23-41-43(25-31)48(4)28(2)46-41)17-11-19-37(39)44(36)35-15-9-8-14-32(35)29-12-6-5-7-13-29/h5-26H,1-4H3. The summed E-state index contributed by atoms with van der Waals surface area (Å²) in [7, 11) is 4.19. The van der Waals surface area contributed by atoms with Crippen LogP contribution >= 0.6 is 0 Å². The third kappa shape index (κ3) is 4.30. The largest absolute Gasteiger partial charge is 0.331 e. The van der Waals surface area contributed by atoms with Crippen LogP contribution in [-0.4, -0.2) is 19.1 Å². The van der Waals surface area contributed by atoms with Crippen LogP contribution in [0.1, 0.15) is 11.6 Å². The molecular formula is C44H34N4. The van der Waals surface area contributed by atoms with Crippen molar-refractivity contribution < 1.29 is 0 Å². The lowest BCUT2D eigenvalue weighted by atomic mass is 9.84. The summed E-state index contributed by atoms with van der Waals surface area (Å²) in [6.45, 7) is 4.12. The van der Waals surface area contributed by atoms with Crippen LogP contribution in [-0.2, 0) is 14.1 Å². The van der Waals surface area contributed by atoms with Crippen LogP contribution in [0.25, 0.3) is 88.1 Å². The van der Waals surface area contributed by atoms with E-state index in [4.69, 9.17) is 9.97 Å². The van der Waals surface area contributed by atoms with Crippen molar-refractivity contribution in [2.45, 2.75) is 13.8 Å². The molecule has 0 aliphatic heterocycles. The van der Waals surface area contributed by atoms with Crippen molar-refractivity contribution in [2.24, 2.45) is 14.1 Å². The zero-order chi connectivity index (χ0) is 32.5. The van der Waals surface area contributed by atoms with Gasteiger partial charge in [0.1, 0.15) is 11.6 Å². The number of fused-ring (bicyclic) bond motifs is 4. The zero-order valence-corrected chi connectivity index (χ0v) is 27.5. The van der Waals surface area contributed by atoms with Crippen LogP contribution in [0.3, 0.4) is 0 Å². The number of hydrogen-bond acceptors (Lipinski definition) is 2. The van der Waals surface area contributed by atoms with Gasteiger partial charge >= 0.3 is 0 Å². The van der Waals surface area contributed by atoms with Crippen molar-refractivity contribution in [1.82, 2.24) is 19.1 Å². The molecule has 0 saturated carbocycles. The number of aryl methyl sites for hydroxylation is 4. The zero-order valence-electron chi connectivity index (χ0n) is 27.5. The maximum Gasteiger partial charge on any atom is 0.106 e. The molecule has 0 aliphatic rings. The highest BCUT2D eigenvalue weighted by Crippen LogP contribution is 2.46. The highest BCUT2D eigenvalue weighted by molar-refractivity contribution is 6.20. The summed E-state index contributed by atoms with van der Waals surface area (Å²) in [6, 6.07) is 48.8. The van der Waals surface area contributed by atoms with Crippen molar-refractivity contribution in [1.29, 1.82) is 0 Å². The lowest BCUT2D eigenvalue weighted by Gasteiger charge is -2.19. The Hall–Kier alpha value is -6.00. The van der Waals surface area contributed by atoms with Gasteiger partial charge in [-0.2, -0.15) is 0 Å². The molecule has 0 fully saturated rings. The molecule has 0 unspecified atom stereocenters. The molecule has 0 spiro atoms. The van der Waals surface area contributed by atoms with Crippen LogP contribution in [0.4, 0.5) is 0 Å². The first-order chi connectivity index (χ1) is 23.5. The summed E-state index contributed by atoms with van der Waals surface area (Å²) < 4.78 is 4.35. The molecule has 7 aromatic carbocycles. The summed E-state index contributed by atoms with van der Waals surface area (Å²) in [4.78, 5) is 9.55. The number of nitrogens with zero attached hydrogens (tertiary/aromatic N) is 4. The van der Waals surface area contributed by atoms with Gasteiger partial charge in [-0.15, -0.1) is 0 Å². The molecule has 9 aromatic rings. The monoisotopic (exact) mass is 618 g/mol. The predicted molar refractivity (Wildman–Crippen MR) is 201 cm³/mol. The van der Waals surface area contributed by atoms with Crippen LogP contribution < -0.4 is 0 Å². The Morgan fingerprint density at radius 2 is 0.875 bits per heavy atom. The smallest absolute Gasteiger partial charge is 0.106 e. The Labute approximate surface area is 279 Å². The molecule has 0 radical (unpaired) electrons. The van der Waals surface area contributed by atoms with Gasteiger partial charge in [0.15, 0.2) is 0 Å². The summed E-state index contributed by atoms with van der Waals surface area (Å²) in [6.07, 6.45) is 0. The summed E-state index contributed by atoms with van der Waals surface area (Å²) in [5.74, 6) is 2.02. The van der Waals surface area contributed by atoms with E-state index in [0.29, 0.717) is 0 Å². The maximum atomic E-state index is 4.77. The minimum Gasteiger partial charge on any atom is -0.331 e. The Balaban J connectivity index is 1.40. The van der Waals surface area contributed by atoms with Crippen LogP contribution in [0.15, 0.2) is 133 Å². The van der Waals surface area contributed by atoms with Gasteiger partial charge in [0.2, 0.25) is 0 Å². The molecule has 230 valence electrons. The number of rotatable bonds is 4. The summed E-state index contributed by atoms with van der Waals surface area (Å²) in [5, 5.41) is 4.93. The molecule has 0 aliphatic carbocycles. The van der Waals surface area contributed by atoms with Crippen molar-refractivity contribution in [3.05, 3.63) is 145 Å². The molecule has 0 saturated heterocycles. The van der Waals surface area contributed by atoms with E-state index in [1.807, 2.05) is 0 Å². The molecule has 0 bridgehead atoms. The molecule has 4 heteroatoms. The minimum atomic E-state index is 1.01. The van der Waals surface area contributed by atoms with E-state index in [0.717, 1.165) is 33.7 Å². The second-order valence-electron chi connectivity index (χ2n) is 12.8. The molecule has 0 N–H and O–H groups in total. The lowest BCUT2D eigenvalue weighted by Crippen LogP contribution is -1.93. The lowest BCUT2D eigenvalue weighted by molar-refractivity contribution is 0.886. The molecule has 48 heavy (non-hydrogen) atoms. The summed E-state index contributed by atoms with van der Waals surface area (Å²) in [5.41, 5.74) is 14.0. The van der Waals surface area contributed by atoms with Gasteiger partial charge in [0.05, 0.1) is 22.1 Å². The van der Waals surface area contributed by atoms with Crippen molar-refractivity contribution in [3.8, 4) is 44.5 Å². The summed E-state index contributed by atoms with van der Waals surface area (Å²) >= 11 is 0. The number of aromatic nitrogens is 4. The molecule has 4 nitrogen and oxygen atoms in total. The fourth-order valence-electron chi connectivity index (χ4n) is 7.49. The molecule has 2 heterocycles. The Morgan fingerprint density at radius 3 is 1.42 bits per heavy atom. The van der Waals surface area contributed by atoms with Crippen molar-refractivity contribution in [3.63, 3.8) is 0 Å². The van der Waals surface area contributed by atoms with Gasteiger partial charge in [0, 0.05) is 14.1 Å². The van der Waals surface area contributed by atoms with Gasteiger partial charge in [-0.05, 0) is 110 Å². The van der Waals surface area contributed by atoms with E-state index < -0.39 is 0 Å². The average Bonchev–Trinajstić information content (AvgIpc) is 3.58. The molecule has 0 amide bonds. The molecule has 0 atom stereocenters. The van der Waals surface area contributed by atoms with E-state index >= 15 is 0 Å². The van der Waals surface area contributed by atoms with Gasteiger partial charge in [0.25, 0.3) is 0 Å². The van der Waals surface area contributed by atoms with E-state index in [9.17, 15) is 0 Å². The van der Waals surface area contributed by atoms with Crippen LogP contribution in [0.5, 0.6) is 0 Å². The number of imidazole rings is 2. The second-order valence-corrected chi connectivity index (χ2v) is 12.8. The second kappa shape index (κ2) is 10.8. The predicted octanol–water partition coefficient (Wildman–Crippen LogP) is 11.1. The third-order valence-corrected chi connectivity index (χ3v) is 10.2. The van der Waals surface area contributed by atoms with E-state index in [1.165, 1.54) is 66.1 Å². The third-order valence-electron chi connectivity index (χ3n) is 10.2. The van der Waals surface area contributed by atoms with Crippen molar-refractivity contribution >= 4 is 43.6 Å². The van der Waals surface area contributed by atoms with Gasteiger partial charge in [-0.25, -0.2) is 9.97 Å². The van der Waals surface area contributed by atoms with E-state index in [-0.39, 0.29) is 0 Å². The first kappa shape index (κ1) is 28.2. The fraction of sp³-hybridized carbons (Fsp3) is 0.0909. The van der Waals surface area contributed by atoms with Gasteiger partial charge in [-0.3, -0.25) is 0 Å². The van der Waals surface area contributed by atoms with Crippen molar-refractivity contribution in [2.75, 3.05) is 0 Å². The quantitative estimate of drug-likeness (QED) is 0.184. The topological polar surface area (TPSA) is 35.6 Å². The SMILES string of the molecule is Cc1nc2ccc(-c3cccc4c(-c5ccccc5-c5ccccc5)c5cccc(-c6ccc7nc(C)n(C)c7c6)c5cc34)cc2n1C. The first-order valence-corrected chi connectivity index (χ1v) is 16.5. The number of benzene rings is 7. The van der Waals surface area contributed by atoms with Crippen LogP contribution in [0, 0.1) is 13.8 Å². The minimum absolute atomic E-state index is 1.01. The maximum absolute atomic E-state index is 4.77. The van der Waals surface area contributed by atoms with Gasteiger partial charge < -0.3 is 9.13 Å². The first-order valence-electron chi connectivity index (χ1n) is 16.5. The molecule has 9 rings (SSSR count). The van der Waals surface area contributed by atoms with Gasteiger partial charge in [-0.1, -0.05) is 103 Å². The van der Waals surface area contributed by atoms with E-state index in [2.05, 4.69) is 171 Å². The van der Waals surface area contributed by atoms with E-state index in [1.54, 1.807) is 0 Å². The molecular weight excluding hydrogens is 585 g/mol. The Kier molecular flexibility index (Phi) is 6.34. The van der Waals surface area contributed by atoms with Crippen LogP contribution in [0.2, 0.25) is 0 Å². The average molecular weight is 619 g/mol. The highest BCUT2D eigenvalue weighted by atomic mass is 15.1. The Bertz CT molecular complexity index is 2570. The molecule has 2 aromatic heterocycles.